The Morgan fingerprint density at radius 1 is 1.16 bits per heavy atom. The number of hydrogen-bond donors (Lipinski definition) is 1. The number of piperazine rings is 1. The van der Waals surface area contributed by atoms with Crippen LogP contribution in [0.3, 0.4) is 0 Å². The molecule has 7 nitrogen and oxygen atoms in total. The molecule has 0 unspecified atom stereocenters. The van der Waals surface area contributed by atoms with Crippen LogP contribution in [-0.4, -0.2) is 44.5 Å². The zero-order chi connectivity index (χ0) is 18.0. The third kappa shape index (κ3) is 4.20. The average molecular weight is 364 g/mol. The molecule has 2 aromatic rings. The molecular weight excluding hydrogens is 340 g/mol. The van der Waals surface area contributed by atoms with Crippen molar-refractivity contribution in [2.45, 2.75) is 31.2 Å². The predicted octanol–water partition coefficient (Wildman–Crippen LogP) is 1.77. The van der Waals surface area contributed by atoms with E-state index in [1.165, 1.54) is 6.39 Å². The maximum atomic E-state index is 11.3. The fraction of sp³-hybridized carbons (Fsp3) is 0.471. The summed E-state index contributed by atoms with van der Waals surface area (Å²) in [5, 5.41) is 5.14. The quantitative estimate of drug-likeness (QED) is 0.869. The van der Waals surface area contributed by atoms with Crippen LogP contribution in [0.25, 0.3) is 0 Å². The zero-order valence-electron chi connectivity index (χ0n) is 14.6. The second-order valence-electron chi connectivity index (χ2n) is 6.62. The summed E-state index contributed by atoms with van der Waals surface area (Å²) < 4.78 is 28.2. The Hall–Kier alpha value is -1.90. The van der Waals surface area contributed by atoms with E-state index >= 15 is 0 Å². The summed E-state index contributed by atoms with van der Waals surface area (Å²) in [6.45, 7) is 8.60. The first-order valence-corrected chi connectivity index (χ1v) is 9.91. The number of nitrogens with zero attached hydrogens (tertiary/aromatic N) is 3. The maximum Gasteiger partial charge on any atom is 0.238 e. The van der Waals surface area contributed by atoms with Crippen molar-refractivity contribution in [3.05, 3.63) is 42.1 Å². The lowest BCUT2D eigenvalue weighted by Crippen LogP contribution is -2.46. The van der Waals surface area contributed by atoms with Crippen molar-refractivity contribution < 1.29 is 12.8 Å². The fourth-order valence-electron chi connectivity index (χ4n) is 3.09. The minimum Gasteiger partial charge on any atom is -0.448 e. The first-order valence-electron chi connectivity index (χ1n) is 8.37. The van der Waals surface area contributed by atoms with Gasteiger partial charge in [-0.3, -0.25) is 4.90 Å². The topological polar surface area (TPSA) is 92.7 Å². The number of rotatable bonds is 5. The minimum atomic E-state index is -3.64. The number of nitrogens with two attached hydrogens (primary N) is 1. The highest BCUT2D eigenvalue weighted by Crippen LogP contribution is 2.22. The van der Waals surface area contributed by atoms with E-state index in [1.54, 1.807) is 12.1 Å². The second-order valence-corrected chi connectivity index (χ2v) is 8.18. The first kappa shape index (κ1) is 17.9. The predicted molar refractivity (Wildman–Crippen MR) is 95.9 cm³/mol. The number of oxazole rings is 1. The van der Waals surface area contributed by atoms with Crippen molar-refractivity contribution >= 4 is 15.7 Å². The van der Waals surface area contributed by atoms with Crippen LogP contribution in [0.2, 0.25) is 0 Å². The molecule has 0 bridgehead atoms. The van der Waals surface area contributed by atoms with Crippen LogP contribution in [0.15, 0.2) is 40.0 Å². The van der Waals surface area contributed by atoms with Gasteiger partial charge in [-0.25, -0.2) is 18.5 Å². The molecule has 2 N–H and O–H groups in total. The highest BCUT2D eigenvalue weighted by Gasteiger charge is 2.21. The molecule has 8 heteroatoms. The minimum absolute atomic E-state index is 0.141. The van der Waals surface area contributed by atoms with E-state index in [4.69, 9.17) is 9.56 Å². The monoisotopic (exact) mass is 364 g/mol. The fourth-order valence-corrected chi connectivity index (χ4v) is 3.60. The first-order chi connectivity index (χ1) is 11.8. The van der Waals surface area contributed by atoms with Crippen LogP contribution >= 0.6 is 0 Å². The highest BCUT2D eigenvalue weighted by molar-refractivity contribution is 7.89. The molecule has 1 aromatic carbocycles. The Morgan fingerprint density at radius 2 is 1.80 bits per heavy atom. The Bertz CT molecular complexity index is 807. The summed E-state index contributed by atoms with van der Waals surface area (Å²) in [5.74, 6) is 1.29. The SMILES string of the molecule is CC(C)c1ocnc1CN1CCN(c2ccc(S(N)(=O)=O)cc2)CC1. The van der Waals surface area contributed by atoms with Gasteiger partial charge in [-0.05, 0) is 24.3 Å². The molecule has 2 heterocycles. The van der Waals surface area contributed by atoms with Crippen LogP contribution in [0.1, 0.15) is 31.2 Å². The summed E-state index contributed by atoms with van der Waals surface area (Å²) in [4.78, 5) is 9.10. The summed E-state index contributed by atoms with van der Waals surface area (Å²) >= 11 is 0. The number of benzene rings is 1. The van der Waals surface area contributed by atoms with Crippen LogP contribution in [0, 0.1) is 0 Å². The number of sulfonamides is 1. The number of primary sulfonamides is 1. The van der Waals surface area contributed by atoms with E-state index in [2.05, 4.69) is 28.6 Å². The van der Waals surface area contributed by atoms with Crippen LogP contribution < -0.4 is 10.0 Å². The van der Waals surface area contributed by atoms with Gasteiger partial charge in [-0.1, -0.05) is 13.8 Å². The summed E-state index contributed by atoms with van der Waals surface area (Å²) in [7, 11) is -3.64. The largest absolute Gasteiger partial charge is 0.448 e. The molecule has 1 aliphatic rings. The lowest BCUT2D eigenvalue weighted by atomic mass is 10.1. The van der Waals surface area contributed by atoms with E-state index in [0.717, 1.165) is 49.9 Å². The van der Waals surface area contributed by atoms with Gasteiger partial charge in [0.05, 0.1) is 10.6 Å². The van der Waals surface area contributed by atoms with E-state index in [-0.39, 0.29) is 4.90 Å². The molecule has 0 radical (unpaired) electrons. The van der Waals surface area contributed by atoms with Crippen molar-refractivity contribution in [1.29, 1.82) is 0 Å². The molecule has 0 amide bonds. The lowest BCUT2D eigenvalue weighted by molar-refractivity contribution is 0.245. The van der Waals surface area contributed by atoms with Gasteiger partial charge in [-0.15, -0.1) is 0 Å². The average Bonchev–Trinajstić information content (AvgIpc) is 3.03. The maximum absolute atomic E-state index is 11.3. The van der Waals surface area contributed by atoms with Crippen LogP contribution in [0.4, 0.5) is 5.69 Å². The van der Waals surface area contributed by atoms with E-state index in [9.17, 15) is 8.42 Å². The number of anilines is 1. The van der Waals surface area contributed by atoms with Crippen molar-refractivity contribution in [3.8, 4) is 0 Å². The molecule has 136 valence electrons. The Balaban J connectivity index is 1.59. The zero-order valence-corrected chi connectivity index (χ0v) is 15.4. The van der Waals surface area contributed by atoms with E-state index in [0.29, 0.717) is 5.92 Å². The molecule has 1 aromatic heterocycles. The molecular formula is C17H24N4O3S. The van der Waals surface area contributed by atoms with Gasteiger partial charge in [0.25, 0.3) is 0 Å². The number of hydrogen-bond acceptors (Lipinski definition) is 6. The van der Waals surface area contributed by atoms with Gasteiger partial charge in [0.1, 0.15) is 5.76 Å². The molecule has 0 aliphatic carbocycles. The van der Waals surface area contributed by atoms with Gasteiger partial charge in [0.15, 0.2) is 6.39 Å². The summed E-state index contributed by atoms with van der Waals surface area (Å²) in [6.07, 6.45) is 1.52. The van der Waals surface area contributed by atoms with Gasteiger partial charge < -0.3 is 9.32 Å². The summed E-state index contributed by atoms with van der Waals surface area (Å²) in [6, 6.07) is 6.73. The van der Waals surface area contributed by atoms with Crippen LogP contribution in [-0.2, 0) is 16.6 Å². The lowest BCUT2D eigenvalue weighted by Gasteiger charge is -2.36. The van der Waals surface area contributed by atoms with Crippen molar-refractivity contribution in [2.75, 3.05) is 31.1 Å². The smallest absolute Gasteiger partial charge is 0.238 e. The molecule has 1 saturated heterocycles. The second kappa shape index (κ2) is 7.15. The van der Waals surface area contributed by atoms with Crippen molar-refractivity contribution in [3.63, 3.8) is 0 Å². The molecule has 1 aliphatic heterocycles. The molecule has 0 atom stereocenters. The van der Waals surface area contributed by atoms with E-state index < -0.39 is 10.0 Å². The molecule has 0 saturated carbocycles. The molecule has 1 fully saturated rings. The number of aromatic nitrogens is 1. The van der Waals surface area contributed by atoms with Crippen molar-refractivity contribution in [1.82, 2.24) is 9.88 Å². The van der Waals surface area contributed by atoms with Gasteiger partial charge >= 0.3 is 0 Å². The Kier molecular flexibility index (Phi) is 5.12. The third-order valence-electron chi connectivity index (χ3n) is 4.47. The molecule has 25 heavy (non-hydrogen) atoms. The Morgan fingerprint density at radius 3 is 2.36 bits per heavy atom. The summed E-state index contributed by atoms with van der Waals surface area (Å²) in [5.41, 5.74) is 2.03. The van der Waals surface area contributed by atoms with Crippen LogP contribution in [0.5, 0.6) is 0 Å². The third-order valence-corrected chi connectivity index (χ3v) is 5.40. The van der Waals surface area contributed by atoms with E-state index in [1.807, 2.05) is 12.1 Å². The molecule has 0 spiro atoms. The van der Waals surface area contributed by atoms with Gasteiger partial charge in [-0.2, -0.15) is 0 Å². The molecule has 3 rings (SSSR count). The standard InChI is InChI=1S/C17H24N4O3S/c1-13(2)17-16(19-12-24-17)11-20-7-9-21(10-8-20)14-3-5-15(6-4-14)25(18,22)23/h3-6,12-13H,7-11H2,1-2H3,(H2,18,22,23). The Labute approximate surface area is 148 Å². The van der Waals surface area contributed by atoms with Gasteiger partial charge in [0, 0.05) is 44.3 Å². The van der Waals surface area contributed by atoms with Gasteiger partial charge in [0.2, 0.25) is 10.0 Å². The highest BCUT2D eigenvalue weighted by atomic mass is 32.2. The normalized spacial score (nSPS) is 16.6. The van der Waals surface area contributed by atoms with Crippen molar-refractivity contribution in [2.24, 2.45) is 5.14 Å².